The van der Waals surface area contributed by atoms with Gasteiger partial charge in [-0.3, -0.25) is 0 Å². The molecule has 0 fully saturated rings. The first-order valence-corrected chi connectivity index (χ1v) is 15.4. The summed E-state index contributed by atoms with van der Waals surface area (Å²) in [6.45, 7) is 8.84. The van der Waals surface area contributed by atoms with E-state index in [1.165, 1.54) is 0 Å². The average molecular weight is 448 g/mol. The molecule has 0 atom stereocenters. The minimum atomic E-state index is -6.28. The predicted molar refractivity (Wildman–Crippen MR) is 99.6 cm³/mol. The Kier molecular flexibility index (Phi) is 10.7. The van der Waals surface area contributed by atoms with Gasteiger partial charge >= 0.3 is 159 Å². The van der Waals surface area contributed by atoms with Crippen LogP contribution in [0.3, 0.4) is 0 Å². The van der Waals surface area contributed by atoms with Gasteiger partial charge in [0.1, 0.15) is 0 Å². The second kappa shape index (κ2) is 11.1. The first-order valence-electron chi connectivity index (χ1n) is 9.94. The van der Waals surface area contributed by atoms with E-state index in [9.17, 15) is 24.0 Å². The number of hydrogen-bond donors (Lipinski definition) is 0. The van der Waals surface area contributed by atoms with Gasteiger partial charge in [0.15, 0.2) is 0 Å². The molecule has 0 saturated heterocycles. The molecule has 5 nitrogen and oxygen atoms in total. The molecule has 6 heteroatoms. The van der Waals surface area contributed by atoms with Gasteiger partial charge in [-0.2, -0.15) is 0 Å². The van der Waals surface area contributed by atoms with E-state index in [1.807, 2.05) is 0 Å². The van der Waals surface area contributed by atoms with E-state index < -0.39 is 35.8 Å². The van der Waals surface area contributed by atoms with Gasteiger partial charge in [0.2, 0.25) is 0 Å². The number of rotatable bonds is 15. The molecule has 0 aromatic rings. The zero-order valence-electron chi connectivity index (χ0n) is 17.1. The summed E-state index contributed by atoms with van der Waals surface area (Å²) in [7, 11) is 0. The topological polar surface area (TPSA) is 85.3 Å². The molecule has 0 N–H and O–H groups in total. The Morgan fingerprint density at radius 2 is 0.577 bits per heavy atom. The first-order chi connectivity index (χ1) is 12.3. The maximum atomic E-state index is 13.5. The van der Waals surface area contributed by atoms with Crippen LogP contribution in [0, 0.1) is 0 Å². The van der Waals surface area contributed by atoms with Gasteiger partial charge in [-0.15, -0.1) is 0 Å². The first kappa shape index (κ1) is 25.1. The summed E-state index contributed by atoms with van der Waals surface area (Å²) in [6, 6.07) is 0. The van der Waals surface area contributed by atoms with Gasteiger partial charge in [-0.1, -0.05) is 0 Å². The fraction of sp³-hybridized carbons (Fsp3) is 0.750. The maximum absolute atomic E-state index is 13.5. The predicted octanol–water partition coefficient (Wildman–Crippen LogP) is 4.31. The van der Waals surface area contributed by atoms with Crippen molar-refractivity contribution in [3.8, 4) is 0 Å². The van der Waals surface area contributed by atoms with E-state index in [2.05, 4.69) is 0 Å². The monoisotopic (exact) mass is 448 g/mol. The Morgan fingerprint density at radius 3 is 0.692 bits per heavy atom. The zero-order valence-corrected chi connectivity index (χ0v) is 19.3. The van der Waals surface area contributed by atoms with Crippen LogP contribution < -0.4 is 0 Å². The Labute approximate surface area is 158 Å². The molecule has 0 rings (SSSR count). The molecular weight excluding hydrogens is 413 g/mol. The van der Waals surface area contributed by atoms with Crippen LogP contribution in [0.15, 0.2) is 0 Å². The summed E-state index contributed by atoms with van der Waals surface area (Å²) in [5.74, 6) is 0. The normalized spacial score (nSPS) is 12.9. The quantitative estimate of drug-likeness (QED) is 0.349. The summed E-state index contributed by atoms with van der Waals surface area (Å²) in [4.78, 5) is 67.3. The van der Waals surface area contributed by atoms with Crippen LogP contribution in [0.25, 0.3) is 0 Å². The van der Waals surface area contributed by atoms with Crippen molar-refractivity contribution < 1.29 is 39.8 Å². The second-order valence-electron chi connectivity index (χ2n) is 6.84. The van der Waals surface area contributed by atoms with Crippen molar-refractivity contribution in [1.82, 2.24) is 0 Å². The molecule has 0 aromatic heterocycles. The third-order valence-corrected chi connectivity index (χ3v) is 19.8. The molecule has 0 spiro atoms. The zero-order chi connectivity index (χ0) is 20.4. The molecule has 0 amide bonds. The Hall–Kier alpha value is -0.910. The van der Waals surface area contributed by atoms with Gasteiger partial charge < -0.3 is 0 Å². The van der Waals surface area contributed by atoms with Crippen molar-refractivity contribution in [2.45, 2.75) is 98.8 Å². The molecule has 0 aromatic carbocycles. The molecule has 0 aliphatic heterocycles. The summed E-state index contributed by atoms with van der Waals surface area (Å²) >= 11 is -6.28. The van der Waals surface area contributed by atoms with Crippen LogP contribution in [0.1, 0.15) is 98.8 Å². The van der Waals surface area contributed by atoms with E-state index in [4.69, 9.17) is 0 Å². The number of carbonyl (C=O) groups is 5. The Morgan fingerprint density at radius 1 is 0.423 bits per heavy atom. The van der Waals surface area contributed by atoms with Gasteiger partial charge in [-0.25, -0.2) is 0 Å². The molecule has 26 heavy (non-hydrogen) atoms. The molecule has 0 aliphatic rings. The molecule has 0 aliphatic carbocycles. The van der Waals surface area contributed by atoms with E-state index in [0.29, 0.717) is 32.1 Å². The van der Waals surface area contributed by atoms with Crippen LogP contribution in [0.5, 0.6) is 0 Å². The van der Waals surface area contributed by atoms with Crippen LogP contribution in [0.2, 0.25) is 0 Å². The van der Waals surface area contributed by atoms with Crippen molar-refractivity contribution in [1.29, 1.82) is 0 Å². The number of hydrogen-bond acceptors (Lipinski definition) is 5. The standard InChI is InChI=1S/5C4H7O.Nb/c5*1-2-3-4-5;/h5*2-3H2,1H3;. The Balaban J connectivity index is 7.20. The van der Waals surface area contributed by atoms with Crippen LogP contribution in [-0.4, -0.2) is 20.0 Å². The molecule has 0 bridgehead atoms. The van der Waals surface area contributed by atoms with Crippen LogP contribution >= 0.6 is 0 Å². The average Bonchev–Trinajstić information content (AvgIpc) is 2.57. The number of carbonyl (C=O) groups excluding carboxylic acids is 5. The fourth-order valence-electron chi connectivity index (χ4n) is 3.58. The Bertz CT molecular complexity index is 442. The molecule has 0 unspecified atom stereocenters. The summed E-state index contributed by atoms with van der Waals surface area (Å²) < 4.78 is -3.01. The van der Waals surface area contributed by atoms with E-state index in [1.54, 1.807) is 34.6 Å². The minimum absolute atomic E-state index is 0.0441. The third-order valence-electron chi connectivity index (χ3n) is 4.81. The van der Waals surface area contributed by atoms with Crippen LogP contribution in [0.4, 0.5) is 0 Å². The van der Waals surface area contributed by atoms with Crippen LogP contribution in [-0.2, 0) is 39.8 Å². The van der Waals surface area contributed by atoms with Gasteiger partial charge in [0, 0.05) is 0 Å². The molecule has 0 radical (unpaired) electrons. The van der Waals surface area contributed by atoms with E-state index >= 15 is 0 Å². The van der Waals surface area contributed by atoms with Crippen molar-refractivity contribution in [2.75, 3.05) is 0 Å². The third kappa shape index (κ3) is 3.85. The fourth-order valence-corrected chi connectivity index (χ4v) is 18.7. The summed E-state index contributed by atoms with van der Waals surface area (Å²) in [5.41, 5.74) is 0. The molecule has 150 valence electrons. The SMILES string of the molecule is CCC[C](=O)[Nb]([C](=O)CCC)([C](=O)CCC)([C](=O)CCC)[C](=O)CCC. The van der Waals surface area contributed by atoms with Gasteiger partial charge in [0.25, 0.3) is 0 Å². The van der Waals surface area contributed by atoms with E-state index in [-0.39, 0.29) is 32.1 Å². The van der Waals surface area contributed by atoms with Crippen molar-refractivity contribution in [3.63, 3.8) is 0 Å². The van der Waals surface area contributed by atoms with Gasteiger partial charge in [0.05, 0.1) is 0 Å². The van der Waals surface area contributed by atoms with Crippen molar-refractivity contribution in [3.05, 3.63) is 0 Å². The van der Waals surface area contributed by atoms with Crippen molar-refractivity contribution in [2.24, 2.45) is 0 Å². The second-order valence-corrected chi connectivity index (χ2v) is 18.5. The summed E-state index contributed by atoms with van der Waals surface area (Å²) in [6.07, 6.45) is 1.85. The molecule has 0 heterocycles. The summed E-state index contributed by atoms with van der Waals surface area (Å²) in [5, 5.41) is 0. The molecular formula is C20H35NbO5. The van der Waals surface area contributed by atoms with Gasteiger partial charge in [-0.05, 0) is 0 Å². The van der Waals surface area contributed by atoms with E-state index in [0.717, 1.165) is 0 Å². The molecule has 0 saturated carbocycles. The van der Waals surface area contributed by atoms with Crippen molar-refractivity contribution >= 4 is 20.0 Å².